The second-order valence-corrected chi connectivity index (χ2v) is 7.14. The average Bonchev–Trinajstić information content (AvgIpc) is 2.75. The van der Waals surface area contributed by atoms with Gasteiger partial charge in [-0.1, -0.05) is 27.7 Å². The second-order valence-electron chi connectivity index (χ2n) is 6.31. The zero-order valence-corrected chi connectivity index (χ0v) is 12.8. The molecule has 0 bridgehead atoms. The third kappa shape index (κ3) is 3.69. The van der Waals surface area contributed by atoms with Crippen LogP contribution in [0.1, 0.15) is 46.2 Å². The van der Waals surface area contributed by atoms with Crippen molar-refractivity contribution in [3.8, 4) is 0 Å². The van der Waals surface area contributed by atoms with Crippen molar-refractivity contribution in [2.75, 3.05) is 18.0 Å². The highest BCUT2D eigenvalue weighted by Gasteiger charge is 2.26. The molecule has 1 aromatic heterocycles. The predicted molar refractivity (Wildman–Crippen MR) is 79.3 cm³/mol. The Kier molecular flexibility index (Phi) is 4.28. The first-order valence-corrected chi connectivity index (χ1v) is 7.77. The molecule has 0 aliphatic carbocycles. The van der Waals surface area contributed by atoms with Crippen LogP contribution in [0, 0.1) is 5.41 Å². The summed E-state index contributed by atoms with van der Waals surface area (Å²) in [5.41, 5.74) is 1.68. The van der Waals surface area contributed by atoms with Crippen molar-refractivity contribution in [3.05, 3.63) is 11.1 Å². The number of hydrogen-bond donors (Lipinski definition) is 1. The van der Waals surface area contributed by atoms with Crippen LogP contribution in [0.25, 0.3) is 0 Å². The van der Waals surface area contributed by atoms with E-state index < -0.39 is 0 Å². The molecule has 0 atom stereocenters. The summed E-state index contributed by atoms with van der Waals surface area (Å²) in [7, 11) is 0. The monoisotopic (exact) mass is 267 g/mol. The molecule has 0 saturated carbocycles. The van der Waals surface area contributed by atoms with Gasteiger partial charge in [0.25, 0.3) is 0 Å². The molecule has 1 aliphatic rings. The van der Waals surface area contributed by atoms with E-state index in [-0.39, 0.29) is 0 Å². The van der Waals surface area contributed by atoms with Gasteiger partial charge in [-0.25, -0.2) is 4.98 Å². The average molecular weight is 267 g/mol. The lowest BCUT2D eigenvalue weighted by molar-refractivity contribution is 0.279. The lowest BCUT2D eigenvalue weighted by Crippen LogP contribution is -2.37. The third-order valence-corrected chi connectivity index (χ3v) is 4.57. The van der Waals surface area contributed by atoms with Crippen molar-refractivity contribution in [1.29, 1.82) is 0 Å². The summed E-state index contributed by atoms with van der Waals surface area (Å²) in [6.45, 7) is 12.2. The highest BCUT2D eigenvalue weighted by Crippen LogP contribution is 2.33. The molecule has 3 nitrogen and oxygen atoms in total. The highest BCUT2D eigenvalue weighted by atomic mass is 32.1. The Balaban J connectivity index is 1.90. The van der Waals surface area contributed by atoms with E-state index in [0.29, 0.717) is 11.5 Å². The Morgan fingerprint density at radius 2 is 2.06 bits per heavy atom. The highest BCUT2D eigenvalue weighted by molar-refractivity contribution is 7.13. The molecule has 102 valence electrons. The molecule has 0 unspecified atom stereocenters. The maximum atomic E-state index is 4.74. The summed E-state index contributed by atoms with van der Waals surface area (Å²) >= 11 is 1.78. The van der Waals surface area contributed by atoms with Gasteiger partial charge in [-0.2, -0.15) is 0 Å². The quantitative estimate of drug-likeness (QED) is 0.907. The maximum absolute atomic E-state index is 4.74. The molecule has 4 heteroatoms. The Bertz CT molecular complexity index is 374. The van der Waals surface area contributed by atoms with E-state index in [4.69, 9.17) is 4.98 Å². The van der Waals surface area contributed by atoms with E-state index in [1.807, 2.05) is 0 Å². The molecule has 0 radical (unpaired) electrons. The van der Waals surface area contributed by atoms with Crippen LogP contribution in [0.4, 0.5) is 5.13 Å². The molecule has 0 amide bonds. The van der Waals surface area contributed by atoms with Gasteiger partial charge < -0.3 is 10.2 Å². The standard InChI is InChI=1S/C14H25N3S/c1-11(2)15-9-12-10-18-13(16-12)17-7-5-14(3,4)6-8-17/h10-11,15H,5-9H2,1-4H3. The summed E-state index contributed by atoms with van der Waals surface area (Å²) in [4.78, 5) is 7.17. The van der Waals surface area contributed by atoms with E-state index in [1.54, 1.807) is 11.3 Å². The van der Waals surface area contributed by atoms with Crippen LogP contribution in [0.15, 0.2) is 5.38 Å². The van der Waals surface area contributed by atoms with E-state index in [0.717, 1.165) is 19.6 Å². The lowest BCUT2D eigenvalue weighted by Gasteiger charge is -2.36. The van der Waals surface area contributed by atoms with Crippen LogP contribution in [0.5, 0.6) is 0 Å². The van der Waals surface area contributed by atoms with Crippen LogP contribution in [-0.2, 0) is 6.54 Å². The minimum Gasteiger partial charge on any atom is -0.348 e. The molecule has 2 rings (SSSR count). The minimum atomic E-state index is 0.510. The van der Waals surface area contributed by atoms with Crippen LogP contribution in [0.2, 0.25) is 0 Å². The van der Waals surface area contributed by atoms with Gasteiger partial charge in [-0.05, 0) is 18.3 Å². The Morgan fingerprint density at radius 3 is 2.67 bits per heavy atom. The minimum absolute atomic E-state index is 0.510. The summed E-state index contributed by atoms with van der Waals surface area (Å²) < 4.78 is 0. The second kappa shape index (κ2) is 5.57. The predicted octanol–water partition coefficient (Wildman–Crippen LogP) is 3.27. The number of hydrogen-bond acceptors (Lipinski definition) is 4. The summed E-state index contributed by atoms with van der Waals surface area (Å²) in [6, 6.07) is 0.519. The van der Waals surface area contributed by atoms with E-state index >= 15 is 0 Å². The first kappa shape index (κ1) is 13.8. The summed E-state index contributed by atoms with van der Waals surface area (Å²) in [5, 5.41) is 6.80. The maximum Gasteiger partial charge on any atom is 0.185 e. The number of rotatable bonds is 4. The van der Waals surface area contributed by atoms with E-state index in [9.17, 15) is 0 Å². The summed E-state index contributed by atoms with van der Waals surface area (Å²) in [5.74, 6) is 0. The molecule has 0 spiro atoms. The van der Waals surface area contributed by atoms with Crippen molar-refractivity contribution in [3.63, 3.8) is 0 Å². The Hall–Kier alpha value is -0.610. The number of nitrogens with zero attached hydrogens (tertiary/aromatic N) is 2. The van der Waals surface area contributed by atoms with Crippen LogP contribution >= 0.6 is 11.3 Å². The molecule has 1 fully saturated rings. The number of nitrogens with one attached hydrogen (secondary N) is 1. The van der Waals surface area contributed by atoms with Crippen molar-refractivity contribution >= 4 is 16.5 Å². The molecule has 1 aromatic rings. The fraction of sp³-hybridized carbons (Fsp3) is 0.786. The molecule has 0 aromatic carbocycles. The molecule has 18 heavy (non-hydrogen) atoms. The van der Waals surface area contributed by atoms with Crippen molar-refractivity contribution < 1.29 is 0 Å². The number of piperidine rings is 1. The topological polar surface area (TPSA) is 28.2 Å². The fourth-order valence-electron chi connectivity index (χ4n) is 2.13. The van der Waals surface area contributed by atoms with Gasteiger partial charge >= 0.3 is 0 Å². The number of thiazole rings is 1. The fourth-order valence-corrected chi connectivity index (χ4v) is 3.01. The van der Waals surface area contributed by atoms with Gasteiger partial charge in [-0.15, -0.1) is 11.3 Å². The number of aromatic nitrogens is 1. The summed E-state index contributed by atoms with van der Waals surface area (Å²) in [6.07, 6.45) is 2.54. The number of anilines is 1. The largest absolute Gasteiger partial charge is 0.348 e. The first-order chi connectivity index (χ1) is 8.46. The molecule has 2 heterocycles. The van der Waals surface area contributed by atoms with E-state index in [1.165, 1.54) is 23.7 Å². The van der Waals surface area contributed by atoms with Gasteiger partial charge in [0.15, 0.2) is 5.13 Å². The van der Waals surface area contributed by atoms with Crippen LogP contribution < -0.4 is 10.2 Å². The SMILES string of the molecule is CC(C)NCc1csc(N2CCC(C)(C)CC2)n1. The van der Waals surface area contributed by atoms with Crippen molar-refractivity contribution in [2.24, 2.45) is 5.41 Å². The van der Waals surface area contributed by atoms with Crippen molar-refractivity contribution in [1.82, 2.24) is 10.3 Å². The normalized spacial score (nSPS) is 19.5. The third-order valence-electron chi connectivity index (χ3n) is 3.62. The van der Waals surface area contributed by atoms with Gasteiger partial charge in [0.2, 0.25) is 0 Å². The van der Waals surface area contributed by atoms with Gasteiger partial charge in [0.05, 0.1) is 5.69 Å². The van der Waals surface area contributed by atoms with Crippen LogP contribution in [-0.4, -0.2) is 24.1 Å². The Labute approximate surface area is 115 Å². The van der Waals surface area contributed by atoms with Gasteiger partial charge in [0, 0.05) is 31.1 Å². The Morgan fingerprint density at radius 1 is 1.39 bits per heavy atom. The van der Waals surface area contributed by atoms with Crippen LogP contribution in [0.3, 0.4) is 0 Å². The van der Waals surface area contributed by atoms with Crippen molar-refractivity contribution in [2.45, 2.75) is 53.1 Å². The molecule has 1 aliphatic heterocycles. The zero-order chi connectivity index (χ0) is 13.2. The first-order valence-electron chi connectivity index (χ1n) is 6.89. The van der Waals surface area contributed by atoms with Gasteiger partial charge in [-0.3, -0.25) is 0 Å². The molecular formula is C14H25N3S. The molecular weight excluding hydrogens is 242 g/mol. The smallest absolute Gasteiger partial charge is 0.185 e. The molecule has 1 N–H and O–H groups in total. The lowest BCUT2D eigenvalue weighted by atomic mass is 9.83. The zero-order valence-electron chi connectivity index (χ0n) is 12.0. The van der Waals surface area contributed by atoms with E-state index in [2.05, 4.69) is 43.3 Å². The molecule has 1 saturated heterocycles. The van der Waals surface area contributed by atoms with Gasteiger partial charge in [0.1, 0.15) is 0 Å².